The van der Waals surface area contributed by atoms with Gasteiger partial charge in [0.15, 0.2) is 0 Å². The standard InChI is InChI=1S/C23H44O4S4/c1-2-3-6-15-24-31(27-23-13-14-23,26-22-11-7-12-22)19-8-16-28-17-18-29-20-30-25-21-9-4-5-10-21/h21-23H,2-20H2,1H3. The molecule has 0 aromatic rings. The molecule has 3 aliphatic rings. The number of unbranched alkanes of at least 4 members (excludes halogenated alkanes) is 2. The molecule has 0 N–H and O–H groups in total. The molecular weight excluding hydrogens is 469 g/mol. The van der Waals surface area contributed by atoms with Crippen molar-refractivity contribution in [3.05, 3.63) is 0 Å². The van der Waals surface area contributed by atoms with Gasteiger partial charge in [0.2, 0.25) is 0 Å². The van der Waals surface area contributed by atoms with Crippen LogP contribution in [0.15, 0.2) is 0 Å². The number of thioether (sulfide) groups is 2. The average Bonchev–Trinajstić information content (AvgIpc) is 3.39. The molecule has 184 valence electrons. The predicted molar refractivity (Wildman–Crippen MR) is 141 cm³/mol. The molecule has 0 amide bonds. The molecule has 4 nitrogen and oxygen atoms in total. The summed E-state index contributed by atoms with van der Waals surface area (Å²) in [6.45, 7) is 3.02. The Morgan fingerprint density at radius 1 is 0.742 bits per heavy atom. The molecule has 3 fully saturated rings. The Morgan fingerprint density at radius 3 is 2.13 bits per heavy atom. The molecule has 1 unspecified atom stereocenters. The van der Waals surface area contributed by atoms with Gasteiger partial charge in [-0.05, 0) is 63.5 Å². The van der Waals surface area contributed by atoms with Crippen molar-refractivity contribution in [2.45, 2.75) is 109 Å². The first-order valence-corrected chi connectivity index (χ1v) is 17.3. The highest BCUT2D eigenvalue weighted by Gasteiger charge is 2.39. The lowest BCUT2D eigenvalue weighted by molar-refractivity contribution is 0.0766. The monoisotopic (exact) mass is 512 g/mol. The van der Waals surface area contributed by atoms with Gasteiger partial charge in [-0.1, -0.05) is 32.6 Å². The third-order valence-electron chi connectivity index (χ3n) is 5.85. The van der Waals surface area contributed by atoms with Gasteiger partial charge in [0, 0.05) is 29.3 Å². The van der Waals surface area contributed by atoms with E-state index in [0.717, 1.165) is 30.3 Å². The summed E-state index contributed by atoms with van der Waals surface area (Å²) in [6, 6.07) is 0. The maximum atomic E-state index is 6.53. The van der Waals surface area contributed by atoms with Crippen LogP contribution in [0.5, 0.6) is 0 Å². The van der Waals surface area contributed by atoms with E-state index in [1.54, 1.807) is 12.0 Å². The van der Waals surface area contributed by atoms with Gasteiger partial charge in [0.1, 0.15) is 0 Å². The van der Waals surface area contributed by atoms with Gasteiger partial charge in [0.25, 0.3) is 0 Å². The van der Waals surface area contributed by atoms with Crippen LogP contribution in [-0.2, 0) is 16.7 Å². The molecule has 1 atom stereocenters. The van der Waals surface area contributed by atoms with Gasteiger partial charge in [-0.15, -0.1) is 11.8 Å². The summed E-state index contributed by atoms with van der Waals surface area (Å²) in [7, 11) is -1.83. The molecule has 0 bridgehead atoms. The van der Waals surface area contributed by atoms with Gasteiger partial charge < -0.3 is 4.18 Å². The minimum Gasteiger partial charge on any atom is -0.311 e. The molecule has 0 heterocycles. The third kappa shape index (κ3) is 11.5. The van der Waals surface area contributed by atoms with Crippen LogP contribution in [0.25, 0.3) is 0 Å². The predicted octanol–water partition coefficient (Wildman–Crippen LogP) is 7.91. The molecule has 0 aromatic heterocycles. The van der Waals surface area contributed by atoms with Crippen LogP contribution >= 0.6 is 46.4 Å². The highest BCUT2D eigenvalue weighted by atomic mass is 32.3. The van der Waals surface area contributed by atoms with Crippen molar-refractivity contribution in [2.75, 3.05) is 34.7 Å². The van der Waals surface area contributed by atoms with Crippen molar-refractivity contribution >= 4 is 46.4 Å². The van der Waals surface area contributed by atoms with Gasteiger partial charge in [-0.25, -0.2) is 0 Å². The molecule has 3 saturated carbocycles. The van der Waals surface area contributed by atoms with E-state index in [1.807, 2.05) is 11.8 Å². The highest BCUT2D eigenvalue weighted by Crippen LogP contribution is 2.58. The fourth-order valence-corrected chi connectivity index (χ4v) is 9.16. The Balaban J connectivity index is 1.27. The molecule has 0 aliphatic heterocycles. The van der Waals surface area contributed by atoms with Crippen LogP contribution in [-0.4, -0.2) is 53.0 Å². The van der Waals surface area contributed by atoms with Crippen molar-refractivity contribution < 1.29 is 16.7 Å². The van der Waals surface area contributed by atoms with E-state index in [1.165, 1.54) is 87.9 Å². The summed E-state index contributed by atoms with van der Waals surface area (Å²) in [6.07, 6.45) is 17.2. The number of rotatable bonds is 20. The molecule has 3 rings (SSSR count). The lowest BCUT2D eigenvalue weighted by Crippen LogP contribution is -2.28. The average molecular weight is 513 g/mol. The largest absolute Gasteiger partial charge is 0.311 e. The summed E-state index contributed by atoms with van der Waals surface area (Å²) in [5.74, 6) is 4.52. The summed E-state index contributed by atoms with van der Waals surface area (Å²) in [5.41, 5.74) is 0. The molecule has 0 radical (unpaired) electrons. The van der Waals surface area contributed by atoms with Gasteiger partial charge in [0.05, 0.1) is 40.9 Å². The van der Waals surface area contributed by atoms with Crippen molar-refractivity contribution in [3.8, 4) is 0 Å². The van der Waals surface area contributed by atoms with E-state index in [9.17, 15) is 0 Å². The second-order valence-electron chi connectivity index (χ2n) is 8.85. The molecule has 31 heavy (non-hydrogen) atoms. The molecular formula is C23H44O4S4. The van der Waals surface area contributed by atoms with Crippen LogP contribution in [0.4, 0.5) is 0 Å². The second-order valence-corrected chi connectivity index (χ2v) is 14.4. The minimum absolute atomic E-state index is 0.368. The van der Waals surface area contributed by atoms with Crippen molar-refractivity contribution in [2.24, 2.45) is 0 Å². The Labute approximate surface area is 205 Å². The first-order chi connectivity index (χ1) is 15.3. The summed E-state index contributed by atoms with van der Waals surface area (Å²) < 4.78 is 25.3. The molecule has 0 aromatic carbocycles. The van der Waals surface area contributed by atoms with Crippen LogP contribution in [0, 0.1) is 0 Å². The Hall–Kier alpha value is 1.24. The first kappa shape index (κ1) is 26.8. The fraction of sp³-hybridized carbons (Fsp3) is 1.00. The zero-order chi connectivity index (χ0) is 21.6. The van der Waals surface area contributed by atoms with E-state index < -0.39 is 10.9 Å². The maximum Gasteiger partial charge on any atom is 0.0893 e. The van der Waals surface area contributed by atoms with E-state index in [2.05, 4.69) is 18.7 Å². The lowest BCUT2D eigenvalue weighted by Gasteiger charge is -2.42. The van der Waals surface area contributed by atoms with Crippen molar-refractivity contribution in [1.82, 2.24) is 0 Å². The van der Waals surface area contributed by atoms with Crippen molar-refractivity contribution in [3.63, 3.8) is 0 Å². The topological polar surface area (TPSA) is 36.9 Å². The molecule has 0 spiro atoms. The van der Waals surface area contributed by atoms with Crippen LogP contribution < -0.4 is 0 Å². The lowest BCUT2D eigenvalue weighted by atomic mass is 9.97. The van der Waals surface area contributed by atoms with Gasteiger partial charge in [-0.3, -0.25) is 12.5 Å². The smallest absolute Gasteiger partial charge is 0.0893 e. The van der Waals surface area contributed by atoms with E-state index >= 15 is 0 Å². The summed E-state index contributed by atoms with van der Waals surface area (Å²) in [5, 5.41) is 1.06. The van der Waals surface area contributed by atoms with E-state index in [-0.39, 0.29) is 0 Å². The summed E-state index contributed by atoms with van der Waals surface area (Å²) in [4.78, 5) is 0. The fourth-order valence-electron chi connectivity index (χ4n) is 3.58. The first-order valence-electron chi connectivity index (χ1n) is 12.6. The van der Waals surface area contributed by atoms with Crippen molar-refractivity contribution in [1.29, 1.82) is 0 Å². The zero-order valence-corrected chi connectivity index (χ0v) is 22.7. The minimum atomic E-state index is -1.83. The molecule has 3 aliphatic carbocycles. The summed E-state index contributed by atoms with van der Waals surface area (Å²) >= 11 is 5.72. The Kier molecular flexibility index (Phi) is 13.9. The molecule has 0 saturated heterocycles. The Bertz CT molecular complexity index is 459. The quantitative estimate of drug-likeness (QED) is 0.0931. The Morgan fingerprint density at radius 2 is 1.45 bits per heavy atom. The second kappa shape index (κ2) is 16.0. The highest BCUT2D eigenvalue weighted by molar-refractivity contribution is 8.21. The van der Waals surface area contributed by atoms with Gasteiger partial charge in [-0.2, -0.15) is 11.8 Å². The normalized spacial score (nSPS) is 23.0. The number of hydrogen-bond acceptors (Lipinski definition) is 7. The van der Waals surface area contributed by atoms with Gasteiger partial charge >= 0.3 is 0 Å². The van der Waals surface area contributed by atoms with E-state index in [4.69, 9.17) is 16.7 Å². The maximum absolute atomic E-state index is 6.53. The van der Waals surface area contributed by atoms with Crippen LogP contribution in [0.3, 0.4) is 0 Å². The SMILES string of the molecule is CCCCCOS(CCCSCCSCSOC1CCCC1)(OC1CCC1)OC1CC1. The molecule has 8 heteroatoms. The third-order valence-corrected chi connectivity index (χ3v) is 11.6. The van der Waals surface area contributed by atoms with Crippen LogP contribution in [0.1, 0.15) is 90.4 Å². The van der Waals surface area contributed by atoms with E-state index in [0.29, 0.717) is 18.3 Å². The number of hydrogen-bond donors (Lipinski definition) is 0. The van der Waals surface area contributed by atoms with Crippen LogP contribution in [0.2, 0.25) is 0 Å². The zero-order valence-electron chi connectivity index (χ0n) is 19.4.